The Balaban J connectivity index is 1.57. The van der Waals surface area contributed by atoms with Crippen molar-refractivity contribution in [3.8, 4) is 35.2 Å². The van der Waals surface area contributed by atoms with Crippen molar-refractivity contribution in [1.29, 1.82) is 0 Å². The summed E-state index contributed by atoms with van der Waals surface area (Å²) < 4.78 is 10.6. The van der Waals surface area contributed by atoms with E-state index in [-0.39, 0.29) is 0 Å². The molecule has 0 fully saturated rings. The molecule has 2 nitrogen and oxygen atoms in total. The highest BCUT2D eigenvalue weighted by Gasteiger charge is 2.02. The lowest BCUT2D eigenvalue weighted by molar-refractivity contribution is 0.355. The van der Waals surface area contributed by atoms with Crippen molar-refractivity contribution in [3.05, 3.63) is 107 Å². The standard InChI is InChI=1S/C28H20O2/c1-29-27-17-15-24(20-28(27)30-2)13-11-22-7-5-6-21(18-22)10-12-23-14-16-25-8-3-4-9-26(25)19-23/h3-9,14-20H,1-2H3. The maximum absolute atomic E-state index is 5.34. The average Bonchev–Trinajstić information content (AvgIpc) is 2.81. The van der Waals surface area contributed by atoms with Crippen LogP contribution in [-0.2, 0) is 0 Å². The Labute approximate surface area is 177 Å². The van der Waals surface area contributed by atoms with Gasteiger partial charge in [-0.2, -0.15) is 0 Å². The summed E-state index contributed by atoms with van der Waals surface area (Å²) in [5, 5.41) is 2.41. The van der Waals surface area contributed by atoms with Crippen LogP contribution in [0.1, 0.15) is 22.3 Å². The molecule has 30 heavy (non-hydrogen) atoms. The zero-order valence-corrected chi connectivity index (χ0v) is 16.9. The van der Waals surface area contributed by atoms with Gasteiger partial charge in [0.2, 0.25) is 0 Å². The molecule has 0 saturated carbocycles. The first-order valence-electron chi connectivity index (χ1n) is 9.60. The van der Waals surface area contributed by atoms with Crippen LogP contribution >= 0.6 is 0 Å². The molecule has 2 heteroatoms. The van der Waals surface area contributed by atoms with Crippen LogP contribution in [0.25, 0.3) is 10.8 Å². The van der Waals surface area contributed by atoms with Crippen molar-refractivity contribution in [2.75, 3.05) is 14.2 Å². The van der Waals surface area contributed by atoms with Crippen LogP contribution in [0.3, 0.4) is 0 Å². The first-order chi connectivity index (χ1) is 14.7. The van der Waals surface area contributed by atoms with Gasteiger partial charge in [0, 0.05) is 22.3 Å². The molecule has 144 valence electrons. The quantitative estimate of drug-likeness (QED) is 0.413. The van der Waals surface area contributed by atoms with Crippen molar-refractivity contribution in [1.82, 2.24) is 0 Å². The normalized spacial score (nSPS) is 9.80. The van der Waals surface area contributed by atoms with E-state index < -0.39 is 0 Å². The number of hydrogen-bond acceptors (Lipinski definition) is 2. The molecule has 0 N–H and O–H groups in total. The van der Waals surface area contributed by atoms with E-state index in [9.17, 15) is 0 Å². The zero-order valence-electron chi connectivity index (χ0n) is 16.9. The highest BCUT2D eigenvalue weighted by molar-refractivity contribution is 5.83. The Morgan fingerprint density at radius 2 is 1.03 bits per heavy atom. The molecule has 0 aromatic heterocycles. The summed E-state index contributed by atoms with van der Waals surface area (Å²) in [6.07, 6.45) is 0. The second kappa shape index (κ2) is 8.91. The summed E-state index contributed by atoms with van der Waals surface area (Å²) in [6, 6.07) is 28.2. The Kier molecular flexibility index (Phi) is 5.70. The third kappa shape index (κ3) is 4.46. The van der Waals surface area contributed by atoms with Gasteiger partial charge < -0.3 is 9.47 Å². The van der Waals surface area contributed by atoms with E-state index in [2.05, 4.69) is 54.0 Å². The van der Waals surface area contributed by atoms with Crippen LogP contribution in [0.5, 0.6) is 11.5 Å². The molecular formula is C28H20O2. The van der Waals surface area contributed by atoms with Gasteiger partial charge in [-0.05, 0) is 59.3 Å². The Morgan fingerprint density at radius 1 is 0.467 bits per heavy atom. The third-order valence-corrected chi connectivity index (χ3v) is 4.70. The summed E-state index contributed by atoms with van der Waals surface area (Å²) >= 11 is 0. The molecule has 0 bridgehead atoms. The molecule has 0 heterocycles. The fraction of sp³-hybridized carbons (Fsp3) is 0.0714. The monoisotopic (exact) mass is 388 g/mol. The molecule has 0 saturated heterocycles. The van der Waals surface area contributed by atoms with Gasteiger partial charge in [-0.3, -0.25) is 0 Å². The Hall–Kier alpha value is -4.14. The number of fused-ring (bicyclic) bond motifs is 1. The van der Waals surface area contributed by atoms with Crippen LogP contribution in [0.4, 0.5) is 0 Å². The van der Waals surface area contributed by atoms with Crippen molar-refractivity contribution >= 4 is 10.8 Å². The highest BCUT2D eigenvalue weighted by Crippen LogP contribution is 2.27. The zero-order chi connectivity index (χ0) is 20.8. The lowest BCUT2D eigenvalue weighted by Crippen LogP contribution is -1.90. The molecule has 0 unspecified atom stereocenters. The van der Waals surface area contributed by atoms with E-state index in [0.29, 0.717) is 11.5 Å². The van der Waals surface area contributed by atoms with Gasteiger partial charge in [0.25, 0.3) is 0 Å². The predicted molar refractivity (Wildman–Crippen MR) is 122 cm³/mol. The minimum atomic E-state index is 0.666. The molecule has 4 aromatic carbocycles. The third-order valence-electron chi connectivity index (χ3n) is 4.70. The van der Waals surface area contributed by atoms with E-state index >= 15 is 0 Å². The molecule has 0 aliphatic rings. The lowest BCUT2D eigenvalue weighted by Gasteiger charge is -2.06. The fourth-order valence-corrected chi connectivity index (χ4v) is 3.14. The first kappa shape index (κ1) is 19.2. The number of rotatable bonds is 2. The number of methoxy groups -OCH3 is 2. The van der Waals surface area contributed by atoms with Gasteiger partial charge in [0.05, 0.1) is 14.2 Å². The van der Waals surface area contributed by atoms with Crippen molar-refractivity contribution in [3.63, 3.8) is 0 Å². The molecule has 4 rings (SSSR count). The van der Waals surface area contributed by atoms with Crippen molar-refractivity contribution in [2.45, 2.75) is 0 Å². The summed E-state index contributed by atoms with van der Waals surface area (Å²) in [4.78, 5) is 0. The molecule has 0 radical (unpaired) electrons. The van der Waals surface area contributed by atoms with Gasteiger partial charge in [0.15, 0.2) is 11.5 Å². The lowest BCUT2D eigenvalue weighted by atomic mass is 10.1. The second-order valence-electron chi connectivity index (χ2n) is 6.71. The van der Waals surface area contributed by atoms with Crippen molar-refractivity contribution < 1.29 is 9.47 Å². The average molecular weight is 388 g/mol. The highest BCUT2D eigenvalue weighted by atomic mass is 16.5. The van der Waals surface area contributed by atoms with Gasteiger partial charge in [-0.25, -0.2) is 0 Å². The van der Waals surface area contributed by atoms with Gasteiger partial charge >= 0.3 is 0 Å². The van der Waals surface area contributed by atoms with Crippen LogP contribution in [0.2, 0.25) is 0 Å². The van der Waals surface area contributed by atoms with E-state index in [1.807, 2.05) is 54.6 Å². The Morgan fingerprint density at radius 3 is 1.70 bits per heavy atom. The molecule has 0 spiro atoms. The van der Waals surface area contributed by atoms with E-state index in [0.717, 1.165) is 22.3 Å². The summed E-state index contributed by atoms with van der Waals surface area (Å²) in [5.41, 5.74) is 3.70. The van der Waals surface area contributed by atoms with Crippen LogP contribution in [0.15, 0.2) is 84.9 Å². The van der Waals surface area contributed by atoms with Crippen LogP contribution in [-0.4, -0.2) is 14.2 Å². The van der Waals surface area contributed by atoms with E-state index in [1.165, 1.54) is 10.8 Å². The maximum Gasteiger partial charge on any atom is 0.161 e. The largest absolute Gasteiger partial charge is 0.493 e. The van der Waals surface area contributed by atoms with Crippen LogP contribution in [0, 0.1) is 23.7 Å². The topological polar surface area (TPSA) is 18.5 Å². The maximum atomic E-state index is 5.34. The number of ether oxygens (including phenoxy) is 2. The second-order valence-corrected chi connectivity index (χ2v) is 6.71. The van der Waals surface area contributed by atoms with Crippen LogP contribution < -0.4 is 9.47 Å². The van der Waals surface area contributed by atoms with Gasteiger partial charge in [-0.1, -0.05) is 60.1 Å². The molecule has 0 aliphatic carbocycles. The minimum Gasteiger partial charge on any atom is -0.493 e. The SMILES string of the molecule is COc1ccc(C#Cc2cccc(C#Cc3ccc4ccccc4c3)c2)cc1OC. The number of benzene rings is 4. The Bertz CT molecular complexity index is 1330. The molecule has 0 amide bonds. The van der Waals surface area contributed by atoms with Gasteiger partial charge in [-0.15, -0.1) is 0 Å². The van der Waals surface area contributed by atoms with Crippen molar-refractivity contribution in [2.24, 2.45) is 0 Å². The summed E-state index contributed by atoms with van der Waals surface area (Å²) in [6.45, 7) is 0. The summed E-state index contributed by atoms with van der Waals surface area (Å²) in [5.74, 6) is 14.2. The van der Waals surface area contributed by atoms with E-state index in [1.54, 1.807) is 14.2 Å². The minimum absolute atomic E-state index is 0.666. The molecule has 4 aromatic rings. The number of hydrogen-bond donors (Lipinski definition) is 0. The van der Waals surface area contributed by atoms with E-state index in [4.69, 9.17) is 9.47 Å². The molecular weight excluding hydrogens is 368 g/mol. The smallest absolute Gasteiger partial charge is 0.161 e. The molecule has 0 atom stereocenters. The fourth-order valence-electron chi connectivity index (χ4n) is 3.14. The summed E-state index contributed by atoms with van der Waals surface area (Å²) in [7, 11) is 3.24. The van der Waals surface area contributed by atoms with Gasteiger partial charge in [0.1, 0.15) is 0 Å². The molecule has 0 aliphatic heterocycles. The first-order valence-corrected chi connectivity index (χ1v) is 9.60. The predicted octanol–water partition coefficient (Wildman–Crippen LogP) is 5.66.